The van der Waals surface area contributed by atoms with E-state index < -0.39 is 0 Å². The summed E-state index contributed by atoms with van der Waals surface area (Å²) in [5, 5.41) is 7.64. The third-order valence-electron chi connectivity index (χ3n) is 5.10. The molecule has 1 amide bonds. The number of benzene rings is 2. The molecule has 1 aliphatic carbocycles. The normalized spacial score (nSPS) is 16.4. The second-order valence-corrected chi connectivity index (χ2v) is 8.75. The molecule has 152 valence electrons. The molecule has 0 bridgehead atoms. The van der Waals surface area contributed by atoms with Gasteiger partial charge in [-0.15, -0.1) is 5.10 Å². The minimum absolute atomic E-state index is 0.00832. The highest BCUT2D eigenvalue weighted by Crippen LogP contribution is 2.41. The highest BCUT2D eigenvalue weighted by atomic mass is 32.2. The second kappa shape index (κ2) is 7.60. The Kier molecular flexibility index (Phi) is 4.78. The number of Topliss-reactive ketones (excluding diaryl/α,β-unsaturated/α-hetero) is 1. The molecule has 5 rings (SSSR count). The Bertz CT molecular complexity index is 1120. The third kappa shape index (κ3) is 3.70. The van der Waals surface area contributed by atoms with E-state index in [9.17, 15) is 9.59 Å². The summed E-state index contributed by atoms with van der Waals surface area (Å²) in [6, 6.07) is 15.0. The first-order chi connectivity index (χ1) is 14.6. The van der Waals surface area contributed by atoms with Gasteiger partial charge >= 0.3 is 0 Å². The van der Waals surface area contributed by atoms with Gasteiger partial charge in [-0.1, -0.05) is 30.0 Å². The van der Waals surface area contributed by atoms with Crippen molar-refractivity contribution in [2.24, 2.45) is 0 Å². The fraction of sp³-hybridized carbons (Fsp3) is 0.273. The number of para-hydroxylation sites is 1. The van der Waals surface area contributed by atoms with Crippen LogP contribution in [0.3, 0.4) is 0 Å². The summed E-state index contributed by atoms with van der Waals surface area (Å²) in [5.74, 6) is 1.69. The number of aromatic nitrogens is 3. The highest BCUT2D eigenvalue weighted by Gasteiger charge is 2.31. The predicted octanol–water partition coefficient (Wildman–Crippen LogP) is 3.84. The maximum Gasteiger partial charge on any atom is 0.262 e. The van der Waals surface area contributed by atoms with Crippen LogP contribution in [0, 0.1) is 0 Å². The molecule has 0 saturated heterocycles. The van der Waals surface area contributed by atoms with E-state index in [1.54, 1.807) is 18.2 Å². The van der Waals surface area contributed by atoms with Crippen molar-refractivity contribution >= 4 is 29.1 Å². The third-order valence-corrected chi connectivity index (χ3v) is 6.06. The number of carbonyl (C=O) groups excluding carboxylic acids is 2. The number of hydrogen-bond donors (Lipinski definition) is 1. The van der Waals surface area contributed by atoms with Crippen molar-refractivity contribution in [3.8, 4) is 11.4 Å². The van der Waals surface area contributed by atoms with Crippen LogP contribution in [-0.4, -0.2) is 38.3 Å². The van der Waals surface area contributed by atoms with Crippen molar-refractivity contribution in [2.75, 3.05) is 11.9 Å². The van der Waals surface area contributed by atoms with Crippen LogP contribution in [0.15, 0.2) is 53.7 Å². The molecule has 0 radical (unpaired) electrons. The van der Waals surface area contributed by atoms with Crippen molar-refractivity contribution in [3.63, 3.8) is 0 Å². The van der Waals surface area contributed by atoms with Crippen LogP contribution in [0.1, 0.15) is 41.9 Å². The smallest absolute Gasteiger partial charge is 0.262 e. The van der Waals surface area contributed by atoms with Crippen molar-refractivity contribution in [3.05, 3.63) is 59.9 Å². The van der Waals surface area contributed by atoms with Crippen LogP contribution in [0.2, 0.25) is 0 Å². The van der Waals surface area contributed by atoms with Gasteiger partial charge in [-0.2, -0.15) is 0 Å². The van der Waals surface area contributed by atoms with Gasteiger partial charge in [-0.3, -0.25) is 9.59 Å². The summed E-state index contributed by atoms with van der Waals surface area (Å²) in [4.78, 5) is 29.3. The maximum absolute atomic E-state index is 13.0. The molecule has 1 fully saturated rings. The summed E-state index contributed by atoms with van der Waals surface area (Å²) in [5.41, 5.74) is 2.02. The molecule has 2 heterocycles. The van der Waals surface area contributed by atoms with Gasteiger partial charge in [0.05, 0.1) is 16.6 Å². The number of nitrogens with zero attached hydrogens (tertiary/aromatic N) is 3. The molecule has 7 nitrogen and oxygen atoms in total. The van der Waals surface area contributed by atoms with Gasteiger partial charge in [0.2, 0.25) is 5.16 Å². The summed E-state index contributed by atoms with van der Waals surface area (Å²) in [7, 11) is 0. The van der Waals surface area contributed by atoms with E-state index in [-0.39, 0.29) is 23.5 Å². The first-order valence-electron chi connectivity index (χ1n) is 9.88. The summed E-state index contributed by atoms with van der Waals surface area (Å²) < 4.78 is 7.25. The van der Waals surface area contributed by atoms with E-state index in [2.05, 4.69) is 10.4 Å². The molecule has 1 aliphatic heterocycles. The lowest BCUT2D eigenvalue weighted by molar-refractivity contribution is -0.118. The zero-order chi connectivity index (χ0) is 20.7. The molecule has 8 heteroatoms. The van der Waals surface area contributed by atoms with Crippen LogP contribution in [-0.2, 0) is 4.79 Å². The van der Waals surface area contributed by atoms with E-state index >= 15 is 0 Å². The topological polar surface area (TPSA) is 86.1 Å². The molecule has 3 aromatic rings. The van der Waals surface area contributed by atoms with E-state index in [0.717, 1.165) is 24.4 Å². The van der Waals surface area contributed by atoms with Gasteiger partial charge in [0, 0.05) is 11.5 Å². The Labute approximate surface area is 177 Å². The van der Waals surface area contributed by atoms with Gasteiger partial charge in [-0.25, -0.2) is 9.67 Å². The van der Waals surface area contributed by atoms with Gasteiger partial charge in [0.15, 0.2) is 12.4 Å². The molecule has 1 aromatic heterocycles. The fourth-order valence-corrected chi connectivity index (χ4v) is 4.24. The molecule has 2 aromatic carbocycles. The van der Waals surface area contributed by atoms with E-state index in [1.807, 2.05) is 41.9 Å². The van der Waals surface area contributed by atoms with E-state index in [4.69, 9.17) is 9.72 Å². The summed E-state index contributed by atoms with van der Waals surface area (Å²) >= 11 is 1.35. The Morgan fingerprint density at radius 3 is 2.80 bits per heavy atom. The standard InChI is InChI=1S/C22H20N4O3S/c1-13(20(28)15-9-10-18-17(11-15)23-19(27)12-29-18)30-22-24-21(14-7-8-14)26(25-22)16-5-3-2-4-6-16/h2-6,9-11,13-14H,7-8,12H2,1H3,(H,23,27). The van der Waals surface area contributed by atoms with Crippen molar-refractivity contribution in [1.82, 2.24) is 14.8 Å². The fourth-order valence-electron chi connectivity index (χ4n) is 3.40. The number of nitrogens with one attached hydrogen (secondary N) is 1. The van der Waals surface area contributed by atoms with Crippen molar-refractivity contribution in [1.29, 1.82) is 0 Å². The molecule has 1 atom stereocenters. The second-order valence-electron chi connectivity index (χ2n) is 7.45. The minimum Gasteiger partial charge on any atom is -0.482 e. The Balaban J connectivity index is 1.37. The minimum atomic E-state index is -0.373. The Hall–Kier alpha value is -3.13. The molecule has 30 heavy (non-hydrogen) atoms. The highest BCUT2D eigenvalue weighted by molar-refractivity contribution is 8.00. The lowest BCUT2D eigenvalue weighted by atomic mass is 10.1. The van der Waals surface area contributed by atoms with E-state index in [1.165, 1.54) is 11.8 Å². The lowest BCUT2D eigenvalue weighted by Crippen LogP contribution is -2.25. The average Bonchev–Trinajstić information content (AvgIpc) is 3.53. The number of carbonyl (C=O) groups is 2. The van der Waals surface area contributed by atoms with E-state index in [0.29, 0.717) is 28.1 Å². The number of rotatable bonds is 6. The largest absolute Gasteiger partial charge is 0.482 e. The van der Waals surface area contributed by atoms with Crippen molar-refractivity contribution < 1.29 is 14.3 Å². The predicted molar refractivity (Wildman–Crippen MR) is 114 cm³/mol. The molecule has 1 unspecified atom stereocenters. The van der Waals surface area contributed by atoms with Crippen LogP contribution < -0.4 is 10.1 Å². The SMILES string of the molecule is CC(Sc1nc(C2CC2)n(-c2ccccc2)n1)C(=O)c1ccc2c(c1)NC(=O)CO2. The number of ketones is 1. The van der Waals surface area contributed by atoms with Crippen LogP contribution in [0.5, 0.6) is 5.75 Å². The number of thioether (sulfide) groups is 1. The average molecular weight is 420 g/mol. The maximum atomic E-state index is 13.0. The zero-order valence-electron chi connectivity index (χ0n) is 16.4. The van der Waals surface area contributed by atoms with Crippen LogP contribution in [0.4, 0.5) is 5.69 Å². The molecular formula is C22H20N4O3S. The van der Waals surface area contributed by atoms with Gasteiger partial charge in [0.25, 0.3) is 5.91 Å². The van der Waals surface area contributed by atoms with Crippen LogP contribution >= 0.6 is 11.8 Å². The molecule has 1 saturated carbocycles. The van der Waals surface area contributed by atoms with Gasteiger partial charge in [0.1, 0.15) is 11.6 Å². The van der Waals surface area contributed by atoms with Gasteiger partial charge < -0.3 is 10.1 Å². The number of hydrogen-bond acceptors (Lipinski definition) is 6. The van der Waals surface area contributed by atoms with Gasteiger partial charge in [-0.05, 0) is 50.1 Å². The number of amides is 1. The molecule has 2 aliphatic rings. The zero-order valence-corrected chi connectivity index (χ0v) is 17.2. The molecular weight excluding hydrogens is 400 g/mol. The molecule has 1 N–H and O–H groups in total. The summed E-state index contributed by atoms with van der Waals surface area (Å²) in [6.07, 6.45) is 2.24. The molecule has 0 spiro atoms. The first-order valence-corrected chi connectivity index (χ1v) is 10.8. The quantitative estimate of drug-likeness (QED) is 0.482. The Morgan fingerprint density at radius 2 is 2.03 bits per heavy atom. The summed E-state index contributed by atoms with van der Waals surface area (Å²) in [6.45, 7) is 1.84. The monoisotopic (exact) mass is 420 g/mol. The Morgan fingerprint density at radius 1 is 1.23 bits per heavy atom. The number of fused-ring (bicyclic) bond motifs is 1. The van der Waals surface area contributed by atoms with Crippen molar-refractivity contribution in [2.45, 2.75) is 36.1 Å². The number of ether oxygens (including phenoxy) is 1. The lowest BCUT2D eigenvalue weighted by Gasteiger charge is -2.18. The number of anilines is 1. The first kappa shape index (κ1) is 18.9. The van der Waals surface area contributed by atoms with Crippen LogP contribution in [0.25, 0.3) is 5.69 Å².